The van der Waals surface area contributed by atoms with Gasteiger partial charge in [0.25, 0.3) is 6.71 Å². The van der Waals surface area contributed by atoms with Crippen LogP contribution in [0.1, 0.15) is 216 Å². The Bertz CT molecular complexity index is 3820. The summed E-state index contributed by atoms with van der Waals surface area (Å²) in [7, 11) is 0. The van der Waals surface area contributed by atoms with Crippen LogP contribution in [0.5, 0.6) is 0 Å². The molecule has 7 aliphatic rings. The Labute approximate surface area is 474 Å². The molecule has 5 aliphatic carbocycles. The first kappa shape index (κ1) is 51.2. The van der Waals surface area contributed by atoms with Gasteiger partial charge in [-0.25, -0.2) is 0 Å². The van der Waals surface area contributed by atoms with Crippen molar-refractivity contribution < 1.29 is 4.42 Å². The Balaban J connectivity index is 1.11. The average Bonchev–Trinajstić information content (AvgIpc) is 2.76. The summed E-state index contributed by atoms with van der Waals surface area (Å²) in [4.78, 5) is 5.46. The summed E-state index contributed by atoms with van der Waals surface area (Å²) in [5.74, 6) is 0.567. The van der Waals surface area contributed by atoms with E-state index in [0.29, 0.717) is 5.92 Å². The standard InChI is InChI=1S/C75H85BN2O/c1-44-36-63-66-64(37-44)78(61-41-57-54(70(5,6)30-33-73(57,11)12)38-52(61)50-23-19-22-49-48-21-18-17-20-45(48)24-29-51(49)50)62-42-58-56(72(9,10)32-34-74(58,13)14)40-60(62)76(66)68-67(77(63)47-27-25-46(26-28-47)69(2,3)4)53-39-55-59(43-65(53)79-68)75(15,16)35-31-71(55,7)8/h17-23,25-28,36-43,50-51H,24,29-35H2,1-16H3. The molecule has 0 bridgehead atoms. The summed E-state index contributed by atoms with van der Waals surface area (Å²) in [6.07, 6.45) is 16.6. The van der Waals surface area contributed by atoms with E-state index in [2.05, 4.69) is 236 Å². The molecule has 2 aliphatic heterocycles. The molecule has 3 nitrogen and oxygen atoms in total. The predicted octanol–water partition coefficient (Wildman–Crippen LogP) is 18.5. The van der Waals surface area contributed by atoms with Gasteiger partial charge in [-0.2, -0.15) is 0 Å². The SMILES string of the molecule is Cc1cc2c3c(c1)N(c1ccc(C(C)(C)C)cc1)c1c(oc4cc5c(cc14)C(C)(C)CCC5(C)C)B3c1cc3c(cc1N2c1cc2c(cc1C1C=CC=C4c5ccccc5CCC41)C(C)(C)CCC2(C)C)C(C)(C)CCC3(C)C. The van der Waals surface area contributed by atoms with Crippen LogP contribution in [0.4, 0.5) is 34.1 Å². The second-order valence-corrected chi connectivity index (χ2v) is 30.9. The fourth-order valence-electron chi connectivity index (χ4n) is 16.5. The van der Waals surface area contributed by atoms with E-state index in [1.807, 2.05) is 0 Å². The molecule has 0 saturated carbocycles. The highest BCUT2D eigenvalue weighted by atomic mass is 16.3. The Hall–Kier alpha value is -6.00. The average molecular weight is 1040 g/mol. The van der Waals surface area contributed by atoms with Crippen molar-refractivity contribution in [3.8, 4) is 0 Å². The lowest BCUT2D eigenvalue weighted by Gasteiger charge is -2.48. The van der Waals surface area contributed by atoms with Crippen LogP contribution in [0.25, 0.3) is 16.5 Å². The van der Waals surface area contributed by atoms with E-state index in [0.717, 1.165) is 56.2 Å². The number of hydrogen-bond donors (Lipinski definition) is 0. The molecule has 4 heteroatoms. The van der Waals surface area contributed by atoms with Gasteiger partial charge in [-0.3, -0.25) is 0 Å². The minimum Gasteiger partial charge on any atom is -0.468 e. The third-order valence-electron chi connectivity index (χ3n) is 21.8. The smallest absolute Gasteiger partial charge is 0.297 e. The van der Waals surface area contributed by atoms with Crippen molar-refractivity contribution in [3.05, 3.63) is 176 Å². The number of benzene rings is 6. The van der Waals surface area contributed by atoms with E-state index >= 15 is 0 Å². The molecular formula is C75H85BN2O. The number of allylic oxidation sites excluding steroid dienone is 4. The highest BCUT2D eigenvalue weighted by Gasteiger charge is 2.51. The number of hydrogen-bond acceptors (Lipinski definition) is 3. The second-order valence-electron chi connectivity index (χ2n) is 30.9. The maximum Gasteiger partial charge on any atom is 0.297 e. The molecule has 0 spiro atoms. The largest absolute Gasteiger partial charge is 0.468 e. The molecule has 7 aromatic rings. The van der Waals surface area contributed by atoms with Crippen molar-refractivity contribution in [2.24, 2.45) is 5.92 Å². The van der Waals surface area contributed by atoms with Gasteiger partial charge in [-0.15, -0.1) is 0 Å². The first-order chi connectivity index (χ1) is 37.2. The molecule has 0 amide bonds. The fraction of sp³-hybridized carbons (Fsp3) is 0.440. The number of fused-ring (bicyclic) bond motifs is 12. The van der Waals surface area contributed by atoms with Crippen molar-refractivity contribution >= 4 is 74.0 Å². The molecule has 6 aromatic carbocycles. The number of anilines is 6. The molecule has 0 saturated heterocycles. The van der Waals surface area contributed by atoms with E-state index < -0.39 is 0 Å². The lowest BCUT2D eigenvalue weighted by molar-refractivity contribution is 0.331. The molecule has 79 heavy (non-hydrogen) atoms. The van der Waals surface area contributed by atoms with Gasteiger partial charge in [-0.1, -0.05) is 171 Å². The van der Waals surface area contributed by atoms with E-state index in [-0.39, 0.29) is 50.5 Å². The number of rotatable bonds is 3. The van der Waals surface area contributed by atoms with Crippen molar-refractivity contribution in [1.29, 1.82) is 0 Å². The van der Waals surface area contributed by atoms with Crippen molar-refractivity contribution in [2.45, 2.75) is 206 Å². The van der Waals surface area contributed by atoms with Crippen LogP contribution in [0.15, 0.2) is 120 Å². The van der Waals surface area contributed by atoms with Crippen LogP contribution < -0.4 is 26.4 Å². The third-order valence-corrected chi connectivity index (χ3v) is 21.8. The Morgan fingerprint density at radius 3 is 1.70 bits per heavy atom. The third kappa shape index (κ3) is 7.49. The zero-order valence-corrected chi connectivity index (χ0v) is 50.7. The highest BCUT2D eigenvalue weighted by Crippen LogP contribution is 2.58. The Kier molecular flexibility index (Phi) is 10.7. The first-order valence-electron chi connectivity index (χ1n) is 30.5. The quantitative estimate of drug-likeness (QED) is 0.164. The van der Waals surface area contributed by atoms with Crippen molar-refractivity contribution in [2.75, 3.05) is 9.80 Å². The minimum atomic E-state index is -0.135. The summed E-state index contributed by atoms with van der Waals surface area (Å²) in [5, 5.41) is 1.22. The molecule has 0 N–H and O–H groups in total. The molecular weight excluding hydrogens is 956 g/mol. The number of nitrogens with zero attached hydrogens (tertiary/aromatic N) is 2. The molecule has 404 valence electrons. The van der Waals surface area contributed by atoms with Crippen LogP contribution in [-0.4, -0.2) is 6.71 Å². The molecule has 2 unspecified atom stereocenters. The molecule has 2 atom stereocenters. The van der Waals surface area contributed by atoms with E-state index in [1.54, 1.807) is 0 Å². The van der Waals surface area contributed by atoms with Crippen molar-refractivity contribution in [3.63, 3.8) is 0 Å². The van der Waals surface area contributed by atoms with Gasteiger partial charge in [0, 0.05) is 34.1 Å². The molecule has 0 fully saturated rings. The van der Waals surface area contributed by atoms with E-state index in [9.17, 15) is 0 Å². The van der Waals surface area contributed by atoms with E-state index in [4.69, 9.17) is 4.42 Å². The Morgan fingerprint density at radius 2 is 1.09 bits per heavy atom. The monoisotopic (exact) mass is 1040 g/mol. The number of aryl methyl sites for hydroxylation is 2. The van der Waals surface area contributed by atoms with Crippen LogP contribution in [0, 0.1) is 12.8 Å². The normalized spacial score (nSPS) is 22.8. The number of furan rings is 1. The fourth-order valence-corrected chi connectivity index (χ4v) is 16.5. The lowest BCUT2D eigenvalue weighted by atomic mass is 9.35. The maximum absolute atomic E-state index is 7.82. The zero-order valence-electron chi connectivity index (χ0n) is 50.7. The molecule has 3 heterocycles. The Morgan fingerprint density at radius 1 is 0.557 bits per heavy atom. The second kappa shape index (κ2) is 16.6. The maximum atomic E-state index is 7.82. The predicted molar refractivity (Wildman–Crippen MR) is 338 cm³/mol. The molecule has 0 radical (unpaired) electrons. The van der Waals surface area contributed by atoms with E-state index in [1.165, 1.54) is 124 Å². The molecule has 14 rings (SSSR count). The van der Waals surface area contributed by atoms with Gasteiger partial charge in [0.15, 0.2) is 0 Å². The summed E-state index contributed by atoms with van der Waals surface area (Å²) in [5.41, 5.74) is 29.9. The van der Waals surface area contributed by atoms with Crippen LogP contribution in [-0.2, 0) is 44.3 Å². The van der Waals surface area contributed by atoms with Gasteiger partial charge in [-0.05, 0) is 228 Å². The molecule has 1 aromatic heterocycles. The van der Waals surface area contributed by atoms with Gasteiger partial charge >= 0.3 is 0 Å². The first-order valence-corrected chi connectivity index (χ1v) is 30.5. The van der Waals surface area contributed by atoms with Crippen LogP contribution >= 0.6 is 0 Å². The summed E-state index contributed by atoms with van der Waals surface area (Å²) in [6.45, 7) is 39.2. The van der Waals surface area contributed by atoms with Gasteiger partial charge in [0.05, 0.1) is 17.0 Å². The van der Waals surface area contributed by atoms with Gasteiger partial charge in [0.2, 0.25) is 0 Å². The topological polar surface area (TPSA) is 19.6 Å². The minimum absolute atomic E-state index is 0.00136. The van der Waals surface area contributed by atoms with Gasteiger partial charge < -0.3 is 14.2 Å². The van der Waals surface area contributed by atoms with Crippen LogP contribution in [0.3, 0.4) is 0 Å². The summed E-state index contributed by atoms with van der Waals surface area (Å²) in [6, 6.07) is 39.8. The van der Waals surface area contributed by atoms with Gasteiger partial charge in [0.1, 0.15) is 5.58 Å². The summed E-state index contributed by atoms with van der Waals surface area (Å²) < 4.78 is 7.82. The van der Waals surface area contributed by atoms with Crippen molar-refractivity contribution in [1.82, 2.24) is 0 Å². The van der Waals surface area contributed by atoms with Crippen LogP contribution in [0.2, 0.25) is 0 Å². The highest BCUT2D eigenvalue weighted by molar-refractivity contribution is 7.00. The lowest BCUT2D eigenvalue weighted by Crippen LogP contribution is -2.61. The summed E-state index contributed by atoms with van der Waals surface area (Å²) >= 11 is 0. The zero-order chi connectivity index (χ0) is 55.5.